The molecule has 3 N–H and O–H groups in total. The van der Waals surface area contributed by atoms with Crippen LogP contribution in [0.2, 0.25) is 0 Å². The van der Waals surface area contributed by atoms with Crippen LogP contribution >= 0.6 is 0 Å². The summed E-state index contributed by atoms with van der Waals surface area (Å²) in [5.41, 5.74) is 8.95. The van der Waals surface area contributed by atoms with Crippen molar-refractivity contribution in [3.63, 3.8) is 0 Å². The smallest absolute Gasteiger partial charge is 0.156 e. The Morgan fingerprint density at radius 3 is 2.84 bits per heavy atom. The molecule has 1 aliphatic rings. The summed E-state index contributed by atoms with van der Waals surface area (Å²) in [5.74, 6) is 0.626. The summed E-state index contributed by atoms with van der Waals surface area (Å²) in [6, 6.07) is 11.3. The number of nitrogens with one attached hydrogen (secondary N) is 1. The summed E-state index contributed by atoms with van der Waals surface area (Å²) in [4.78, 5) is 19.6. The van der Waals surface area contributed by atoms with E-state index in [9.17, 15) is 0 Å². The second-order valence-electron chi connectivity index (χ2n) is 9.32. The van der Waals surface area contributed by atoms with E-state index >= 15 is 4.39 Å². The molecule has 1 fully saturated rings. The third-order valence-corrected chi connectivity index (χ3v) is 6.50. The van der Waals surface area contributed by atoms with Crippen molar-refractivity contribution in [2.75, 3.05) is 26.0 Å². The fraction of sp³-hybridized carbons (Fsp3) is 0.286. The van der Waals surface area contributed by atoms with E-state index in [-0.39, 0.29) is 11.8 Å². The molecule has 8 nitrogen and oxygen atoms in total. The Labute approximate surface area is 215 Å². The zero-order valence-corrected chi connectivity index (χ0v) is 21.1. The molecule has 4 aromatic rings. The fourth-order valence-corrected chi connectivity index (χ4v) is 4.53. The van der Waals surface area contributed by atoms with Crippen molar-refractivity contribution in [3.05, 3.63) is 66.5 Å². The van der Waals surface area contributed by atoms with Crippen LogP contribution in [0.5, 0.6) is 5.75 Å². The molecule has 2 aromatic heterocycles. The molecule has 0 aliphatic heterocycles. The third-order valence-electron chi connectivity index (χ3n) is 6.50. The lowest BCUT2D eigenvalue weighted by Gasteiger charge is -2.23. The Balaban J connectivity index is 1.59. The molecule has 0 radical (unpaired) electrons. The van der Waals surface area contributed by atoms with Gasteiger partial charge in [-0.1, -0.05) is 0 Å². The van der Waals surface area contributed by atoms with Gasteiger partial charge in [0.1, 0.15) is 24.0 Å². The van der Waals surface area contributed by atoms with Crippen molar-refractivity contribution in [1.29, 1.82) is 0 Å². The average molecular weight is 500 g/mol. The summed E-state index contributed by atoms with van der Waals surface area (Å²) in [5, 5.41) is 4.25. The van der Waals surface area contributed by atoms with Crippen LogP contribution in [0.1, 0.15) is 25.3 Å². The number of nitrogens with two attached hydrogens (primary N) is 1. The van der Waals surface area contributed by atoms with Crippen molar-refractivity contribution < 1.29 is 9.13 Å². The van der Waals surface area contributed by atoms with E-state index < -0.39 is 5.82 Å². The highest BCUT2D eigenvalue weighted by Crippen LogP contribution is 2.36. The topological polar surface area (TPSA) is 102 Å². The lowest BCUT2D eigenvalue weighted by atomic mass is 10.0. The lowest BCUT2D eigenvalue weighted by molar-refractivity contribution is 0.160. The highest BCUT2D eigenvalue weighted by atomic mass is 19.1. The van der Waals surface area contributed by atoms with Crippen LogP contribution in [-0.4, -0.2) is 58.9 Å². The molecular weight excluding hydrogens is 469 g/mol. The van der Waals surface area contributed by atoms with E-state index in [1.54, 1.807) is 43.7 Å². The number of benzene rings is 2. The summed E-state index contributed by atoms with van der Waals surface area (Å²) in [6.07, 6.45) is 8.61. The summed E-state index contributed by atoms with van der Waals surface area (Å²) in [7, 11) is 3.81. The number of fused-ring (bicyclic) bond motifs is 2. The molecule has 0 amide bonds. The lowest BCUT2D eigenvalue weighted by Crippen LogP contribution is -2.32. The van der Waals surface area contributed by atoms with Gasteiger partial charge in [-0.05, 0) is 68.8 Å². The molecule has 190 valence electrons. The van der Waals surface area contributed by atoms with Crippen molar-refractivity contribution in [2.45, 2.75) is 31.9 Å². The fourth-order valence-electron chi connectivity index (χ4n) is 4.53. The van der Waals surface area contributed by atoms with Crippen molar-refractivity contribution >= 4 is 45.1 Å². The molecule has 2 aromatic carbocycles. The normalized spacial score (nSPS) is 15.1. The molecule has 1 aliphatic carbocycles. The molecule has 0 spiro atoms. The van der Waals surface area contributed by atoms with E-state index in [0.29, 0.717) is 39.4 Å². The largest absolute Gasteiger partial charge is 0.489 e. The van der Waals surface area contributed by atoms with Gasteiger partial charge in [-0.3, -0.25) is 14.9 Å². The maximum absolute atomic E-state index is 15.4. The Bertz CT molecular complexity index is 1500. The second kappa shape index (κ2) is 10.5. The van der Waals surface area contributed by atoms with Gasteiger partial charge in [0.25, 0.3) is 0 Å². The number of hydrogen-bond acceptors (Lipinski definition) is 8. The number of anilines is 2. The van der Waals surface area contributed by atoms with Gasteiger partial charge in [0.2, 0.25) is 0 Å². The average Bonchev–Trinajstić information content (AvgIpc) is 3.75. The molecule has 37 heavy (non-hydrogen) atoms. The molecule has 0 saturated heterocycles. The molecule has 5 rings (SSSR count). The molecule has 2 heterocycles. The number of likely N-dealkylation sites (N-methyl/N-ethyl adjacent to an activating group) is 1. The van der Waals surface area contributed by atoms with Gasteiger partial charge >= 0.3 is 0 Å². The Hall–Kier alpha value is -4.11. The highest BCUT2D eigenvalue weighted by molar-refractivity contribution is 6.11. The minimum absolute atomic E-state index is 0.106. The van der Waals surface area contributed by atoms with Gasteiger partial charge in [0.15, 0.2) is 5.82 Å². The summed E-state index contributed by atoms with van der Waals surface area (Å²) < 4.78 is 21.9. The van der Waals surface area contributed by atoms with Gasteiger partial charge in [0.05, 0.1) is 22.1 Å². The molecule has 0 bridgehead atoms. The number of halogens is 1. The number of aliphatic imine (C=N–C) groups is 1. The van der Waals surface area contributed by atoms with E-state index in [2.05, 4.69) is 37.2 Å². The van der Waals surface area contributed by atoms with E-state index in [4.69, 9.17) is 10.5 Å². The highest BCUT2D eigenvalue weighted by Gasteiger charge is 2.27. The first kappa shape index (κ1) is 24.6. The SMILES string of the molecule is CN=CC(=CN)c1cc(O[C@H](C)CN(C)C2CC2)c2c(Nc3ccc4ncccc4c3F)ncnc2c1. The quantitative estimate of drug-likeness (QED) is 0.315. The first-order valence-electron chi connectivity index (χ1n) is 12.3. The first-order chi connectivity index (χ1) is 18.0. The zero-order chi connectivity index (χ0) is 25.9. The Kier molecular flexibility index (Phi) is 6.96. The van der Waals surface area contributed by atoms with Crippen LogP contribution in [0.4, 0.5) is 15.9 Å². The molecular formula is C28H30FN7O. The van der Waals surface area contributed by atoms with Crippen LogP contribution < -0.4 is 15.8 Å². The summed E-state index contributed by atoms with van der Waals surface area (Å²) >= 11 is 0. The van der Waals surface area contributed by atoms with E-state index in [1.165, 1.54) is 25.4 Å². The number of pyridine rings is 1. The maximum atomic E-state index is 15.4. The van der Waals surface area contributed by atoms with Crippen molar-refractivity contribution in [1.82, 2.24) is 19.9 Å². The number of aromatic nitrogens is 3. The number of nitrogens with zero attached hydrogens (tertiary/aromatic N) is 5. The zero-order valence-electron chi connectivity index (χ0n) is 21.1. The number of allylic oxidation sites excluding steroid dienone is 1. The molecule has 0 unspecified atom stereocenters. The van der Waals surface area contributed by atoms with Gasteiger partial charge < -0.3 is 15.8 Å². The van der Waals surface area contributed by atoms with Gasteiger partial charge in [-0.25, -0.2) is 14.4 Å². The standard InChI is InChI=1S/C28H30FN7O/c1-17(15-36(3)20-6-7-20)37-25-12-18(19(13-30)14-31-2)11-24-26(25)28(34-16-33-24)35-23-9-8-22-21(27(23)29)5-4-10-32-22/h4-5,8-14,16-17,20H,6-7,15,30H2,1-3H3,(H,33,34,35)/t17-/m1/s1. The second-order valence-corrected chi connectivity index (χ2v) is 9.32. The van der Waals surface area contributed by atoms with Crippen molar-refractivity contribution in [3.8, 4) is 5.75 Å². The number of ether oxygens (including phenoxy) is 1. The molecule has 1 saturated carbocycles. The molecule has 1 atom stereocenters. The number of hydrogen-bond donors (Lipinski definition) is 2. The Morgan fingerprint density at radius 1 is 1.24 bits per heavy atom. The summed E-state index contributed by atoms with van der Waals surface area (Å²) in [6.45, 7) is 2.81. The van der Waals surface area contributed by atoms with Gasteiger partial charge in [-0.2, -0.15) is 0 Å². The van der Waals surface area contributed by atoms with Crippen LogP contribution in [0.25, 0.3) is 27.4 Å². The minimum atomic E-state index is -0.400. The van der Waals surface area contributed by atoms with Crippen LogP contribution in [-0.2, 0) is 0 Å². The molecule has 9 heteroatoms. The van der Waals surface area contributed by atoms with Gasteiger partial charge in [0, 0.05) is 49.2 Å². The van der Waals surface area contributed by atoms with Crippen LogP contribution in [0, 0.1) is 5.82 Å². The monoisotopic (exact) mass is 499 g/mol. The van der Waals surface area contributed by atoms with Crippen molar-refractivity contribution in [2.24, 2.45) is 10.7 Å². The minimum Gasteiger partial charge on any atom is -0.489 e. The maximum Gasteiger partial charge on any atom is 0.156 e. The Morgan fingerprint density at radius 2 is 2.08 bits per heavy atom. The predicted molar refractivity (Wildman–Crippen MR) is 147 cm³/mol. The van der Waals surface area contributed by atoms with Crippen LogP contribution in [0.15, 0.2) is 60.1 Å². The van der Waals surface area contributed by atoms with E-state index in [1.807, 2.05) is 19.1 Å². The predicted octanol–water partition coefficient (Wildman–Crippen LogP) is 4.92. The van der Waals surface area contributed by atoms with E-state index in [0.717, 1.165) is 17.7 Å². The number of rotatable bonds is 9. The third kappa shape index (κ3) is 5.22. The first-order valence-corrected chi connectivity index (χ1v) is 12.3. The van der Waals surface area contributed by atoms with Crippen LogP contribution in [0.3, 0.4) is 0 Å². The van der Waals surface area contributed by atoms with Gasteiger partial charge in [-0.15, -0.1) is 0 Å².